The zero-order valence-electron chi connectivity index (χ0n) is 17.7. The Morgan fingerprint density at radius 1 is 0.971 bits per heavy atom. The molecule has 0 saturated carbocycles. The average Bonchev–Trinajstić information content (AvgIpc) is 3.26. The van der Waals surface area contributed by atoms with Gasteiger partial charge in [0.2, 0.25) is 5.60 Å². The quantitative estimate of drug-likeness (QED) is 0.284. The van der Waals surface area contributed by atoms with Crippen molar-refractivity contribution < 1.29 is 40.3 Å². The lowest BCUT2D eigenvalue weighted by Gasteiger charge is -2.30. The van der Waals surface area contributed by atoms with Gasteiger partial charge < -0.3 is 19.3 Å². The predicted molar refractivity (Wildman–Crippen MR) is 110 cm³/mol. The summed E-state index contributed by atoms with van der Waals surface area (Å²) >= 11 is 0. The molecular formula is C22H15F6N3O4. The van der Waals surface area contributed by atoms with Crippen molar-refractivity contribution >= 4 is 17.0 Å². The van der Waals surface area contributed by atoms with Crippen LogP contribution in [0.1, 0.15) is 18.4 Å². The van der Waals surface area contributed by atoms with Crippen molar-refractivity contribution in [3.05, 3.63) is 76.2 Å². The molecule has 0 saturated heterocycles. The molecule has 2 aromatic carbocycles. The number of anilines is 1. The molecular weight excluding hydrogens is 484 g/mol. The monoisotopic (exact) mass is 499 g/mol. The number of nitrogens with zero attached hydrogens (tertiary/aromatic N) is 2. The first-order valence-corrected chi connectivity index (χ1v) is 9.87. The second kappa shape index (κ2) is 8.41. The molecule has 13 heteroatoms. The number of alkyl halides is 5. The van der Waals surface area contributed by atoms with Crippen molar-refractivity contribution in [2.75, 3.05) is 5.32 Å². The third-order valence-electron chi connectivity index (χ3n) is 5.22. The highest BCUT2D eigenvalue weighted by atomic mass is 19.4. The Bertz CT molecular complexity index is 1430. The van der Waals surface area contributed by atoms with Gasteiger partial charge in [0.1, 0.15) is 11.4 Å². The van der Waals surface area contributed by atoms with Gasteiger partial charge in [-0.3, -0.25) is 0 Å². The van der Waals surface area contributed by atoms with E-state index in [4.69, 9.17) is 8.83 Å². The first-order chi connectivity index (χ1) is 16.3. The molecule has 7 nitrogen and oxygen atoms in total. The maximum absolute atomic E-state index is 13.6. The van der Waals surface area contributed by atoms with Gasteiger partial charge >= 0.3 is 23.7 Å². The molecule has 0 radical (unpaired) electrons. The third-order valence-corrected chi connectivity index (χ3v) is 5.22. The van der Waals surface area contributed by atoms with Crippen LogP contribution in [-0.2, 0) is 12.1 Å². The van der Waals surface area contributed by atoms with Crippen molar-refractivity contribution in [3.8, 4) is 11.1 Å². The molecule has 0 fully saturated rings. The second-order valence-corrected chi connectivity index (χ2v) is 7.73. The molecule has 0 aliphatic carbocycles. The summed E-state index contributed by atoms with van der Waals surface area (Å²) < 4.78 is 88.4. The molecule has 0 spiro atoms. The summed E-state index contributed by atoms with van der Waals surface area (Å²) in [5.41, 5.74) is -2.70. The minimum absolute atomic E-state index is 0.0835. The van der Waals surface area contributed by atoms with Crippen molar-refractivity contribution in [1.82, 2.24) is 10.2 Å². The van der Waals surface area contributed by atoms with Crippen LogP contribution >= 0.6 is 0 Å². The summed E-state index contributed by atoms with van der Waals surface area (Å²) in [5.74, 6) is -7.33. The molecule has 35 heavy (non-hydrogen) atoms. The first-order valence-electron chi connectivity index (χ1n) is 9.87. The van der Waals surface area contributed by atoms with Crippen LogP contribution in [0, 0.1) is 5.82 Å². The number of hydrogen-bond acceptors (Lipinski definition) is 7. The second-order valence-electron chi connectivity index (χ2n) is 7.73. The van der Waals surface area contributed by atoms with Crippen LogP contribution in [0.15, 0.2) is 62.2 Å². The Kier molecular flexibility index (Phi) is 5.83. The van der Waals surface area contributed by atoms with Gasteiger partial charge in [0.25, 0.3) is 5.89 Å². The van der Waals surface area contributed by atoms with Crippen LogP contribution in [0.2, 0.25) is 0 Å². The lowest BCUT2D eigenvalue weighted by molar-refractivity contribution is -0.346. The molecule has 4 rings (SSSR count). The molecule has 0 bridgehead atoms. The largest absolute Gasteiger partial charge is 0.456 e. The molecule has 184 valence electrons. The van der Waals surface area contributed by atoms with Gasteiger partial charge in [-0.25, -0.2) is 9.18 Å². The predicted octanol–water partition coefficient (Wildman–Crippen LogP) is 5.00. The highest BCUT2D eigenvalue weighted by Crippen LogP contribution is 2.47. The Hall–Kier alpha value is -3.87. The Balaban J connectivity index is 1.56. The van der Waals surface area contributed by atoms with Gasteiger partial charge in [-0.15, -0.1) is 5.10 Å². The van der Waals surface area contributed by atoms with Gasteiger partial charge in [0.15, 0.2) is 0 Å². The summed E-state index contributed by atoms with van der Waals surface area (Å²) in [6.07, 6.45) is -6.06. The van der Waals surface area contributed by atoms with Crippen LogP contribution in [-0.4, -0.2) is 27.4 Å². The van der Waals surface area contributed by atoms with Crippen LogP contribution in [0.4, 0.5) is 32.4 Å². The molecule has 0 amide bonds. The lowest BCUT2D eigenvalue weighted by atomic mass is 9.97. The number of nitrogens with one attached hydrogen (secondary N) is 1. The SMILES string of the molecule is CC(O)(c1nnc(NCc2ccc3c(-c4ccc(F)cc4)cc(=O)oc3c2)o1)C(F)(F)C(F)(F)F. The number of benzene rings is 2. The molecule has 1 atom stereocenters. The van der Waals surface area contributed by atoms with Crippen LogP contribution < -0.4 is 10.9 Å². The minimum atomic E-state index is -6.06. The minimum Gasteiger partial charge on any atom is -0.423 e. The van der Waals surface area contributed by atoms with Gasteiger partial charge in [0.05, 0.1) is 0 Å². The van der Waals surface area contributed by atoms with E-state index in [1.807, 2.05) is 0 Å². The molecule has 0 aliphatic rings. The number of fused-ring (bicyclic) bond motifs is 1. The smallest absolute Gasteiger partial charge is 0.423 e. The fourth-order valence-electron chi connectivity index (χ4n) is 3.26. The van der Waals surface area contributed by atoms with E-state index < -0.39 is 41.0 Å². The van der Waals surface area contributed by atoms with Gasteiger partial charge in [0, 0.05) is 18.0 Å². The van der Waals surface area contributed by atoms with E-state index in [2.05, 4.69) is 15.5 Å². The summed E-state index contributed by atoms with van der Waals surface area (Å²) in [4.78, 5) is 12.0. The van der Waals surface area contributed by atoms with E-state index in [0.29, 0.717) is 22.1 Å². The molecule has 2 N–H and O–H groups in total. The molecule has 2 heterocycles. The summed E-state index contributed by atoms with van der Waals surface area (Å²) in [6, 6.07) is 11.0. The Morgan fingerprint density at radius 2 is 1.66 bits per heavy atom. The maximum atomic E-state index is 13.6. The van der Waals surface area contributed by atoms with Gasteiger partial charge in [-0.05, 0) is 41.8 Å². The van der Waals surface area contributed by atoms with Crippen LogP contribution in [0.5, 0.6) is 0 Å². The number of halogens is 6. The van der Waals surface area contributed by atoms with Crippen LogP contribution in [0.3, 0.4) is 0 Å². The zero-order chi connectivity index (χ0) is 25.6. The van der Waals surface area contributed by atoms with E-state index in [1.165, 1.54) is 36.4 Å². The molecule has 1 unspecified atom stereocenters. The van der Waals surface area contributed by atoms with Crippen molar-refractivity contribution in [1.29, 1.82) is 0 Å². The molecule has 2 aromatic heterocycles. The van der Waals surface area contributed by atoms with Gasteiger partial charge in [-0.2, -0.15) is 22.0 Å². The van der Waals surface area contributed by atoms with E-state index in [-0.39, 0.29) is 19.1 Å². The molecule has 0 aliphatic heterocycles. The number of hydrogen-bond donors (Lipinski definition) is 2. The Labute approximate surface area is 192 Å². The zero-order valence-corrected chi connectivity index (χ0v) is 17.7. The van der Waals surface area contributed by atoms with Crippen molar-refractivity contribution in [2.24, 2.45) is 0 Å². The number of aliphatic hydroxyl groups is 1. The summed E-state index contributed by atoms with van der Waals surface area (Å²) in [6.45, 7) is 0.127. The van der Waals surface area contributed by atoms with Crippen molar-refractivity contribution in [3.63, 3.8) is 0 Å². The highest BCUT2D eigenvalue weighted by molar-refractivity contribution is 5.93. The topological polar surface area (TPSA) is 101 Å². The number of rotatable bonds is 6. The molecule has 4 aromatic rings. The standard InChI is InChI=1S/C22H15F6N3O4/c1-20(33,21(24,25)22(26,27)28)18-30-31-19(35-18)29-10-11-2-7-14-15(9-17(32)34-16(14)8-11)12-3-5-13(23)6-4-12/h2-9,33H,10H2,1H3,(H,29,31). The van der Waals surface area contributed by atoms with Crippen LogP contribution in [0.25, 0.3) is 22.1 Å². The lowest BCUT2D eigenvalue weighted by Crippen LogP contribution is -2.53. The van der Waals surface area contributed by atoms with Crippen molar-refractivity contribution in [2.45, 2.75) is 31.2 Å². The van der Waals surface area contributed by atoms with Gasteiger partial charge in [-0.1, -0.05) is 29.4 Å². The number of aromatic nitrogens is 2. The first kappa shape index (κ1) is 24.3. The van der Waals surface area contributed by atoms with E-state index in [0.717, 1.165) is 0 Å². The third kappa shape index (κ3) is 4.46. The Morgan fingerprint density at radius 3 is 2.31 bits per heavy atom. The van der Waals surface area contributed by atoms with E-state index in [1.54, 1.807) is 12.1 Å². The van der Waals surface area contributed by atoms with E-state index >= 15 is 0 Å². The summed E-state index contributed by atoms with van der Waals surface area (Å²) in [7, 11) is 0. The fourth-order valence-corrected chi connectivity index (χ4v) is 3.26. The normalized spacial score (nSPS) is 14.2. The fraction of sp³-hybridized carbons (Fsp3) is 0.227. The van der Waals surface area contributed by atoms with E-state index in [9.17, 15) is 36.2 Å². The average molecular weight is 499 g/mol. The summed E-state index contributed by atoms with van der Waals surface area (Å²) in [5, 5.41) is 19.3. The highest BCUT2D eigenvalue weighted by Gasteiger charge is 2.70. The maximum Gasteiger partial charge on any atom is 0.456 e.